The van der Waals surface area contributed by atoms with Crippen molar-refractivity contribution in [3.05, 3.63) is 30.1 Å². The van der Waals surface area contributed by atoms with E-state index in [2.05, 4.69) is 4.90 Å². The molecule has 0 saturated carbocycles. The third kappa shape index (κ3) is 4.54. The van der Waals surface area contributed by atoms with Crippen LogP contribution in [0, 0.1) is 11.7 Å². The van der Waals surface area contributed by atoms with Crippen LogP contribution in [0.1, 0.15) is 20.3 Å². The van der Waals surface area contributed by atoms with Crippen molar-refractivity contribution >= 4 is 17.4 Å². The second kappa shape index (κ2) is 8.24. The number of ether oxygens (including phenoxy) is 1. The first-order chi connectivity index (χ1) is 11.4. The molecule has 1 aliphatic heterocycles. The average Bonchev–Trinajstić information content (AvgIpc) is 2.53. The first-order valence-corrected chi connectivity index (χ1v) is 8.21. The smallest absolute Gasteiger partial charge is 0.228 e. The molecule has 0 N–H and O–H groups in total. The molecule has 1 aromatic rings. The Hall–Kier alpha value is -1.95. The molecule has 0 bridgehead atoms. The van der Waals surface area contributed by atoms with Gasteiger partial charge in [0.1, 0.15) is 11.6 Å². The minimum Gasteiger partial charge on any atom is -0.384 e. The van der Waals surface area contributed by atoms with E-state index in [1.165, 1.54) is 26.2 Å². The lowest BCUT2D eigenvalue weighted by Gasteiger charge is -2.42. The highest BCUT2D eigenvalue weighted by Gasteiger charge is 2.31. The lowest BCUT2D eigenvalue weighted by molar-refractivity contribution is -0.140. The first kappa shape index (κ1) is 18.4. The number of benzene rings is 1. The predicted molar refractivity (Wildman–Crippen MR) is 90.5 cm³/mol. The number of hydrogen-bond acceptors (Lipinski definition) is 4. The molecule has 0 radical (unpaired) electrons. The molecule has 0 aliphatic carbocycles. The summed E-state index contributed by atoms with van der Waals surface area (Å²) in [5.74, 6) is -0.755. The highest BCUT2D eigenvalue weighted by molar-refractivity contribution is 5.86. The van der Waals surface area contributed by atoms with E-state index in [0.717, 1.165) is 5.69 Å². The van der Waals surface area contributed by atoms with E-state index in [9.17, 15) is 14.0 Å². The van der Waals surface area contributed by atoms with E-state index in [0.29, 0.717) is 19.6 Å². The Bertz CT molecular complexity index is 593. The number of nitrogens with zero attached hydrogens (tertiary/aromatic N) is 2. The van der Waals surface area contributed by atoms with Crippen molar-refractivity contribution in [1.29, 1.82) is 0 Å². The predicted octanol–water partition coefficient (Wildman–Crippen LogP) is 2.10. The van der Waals surface area contributed by atoms with Crippen LogP contribution in [-0.2, 0) is 14.3 Å². The van der Waals surface area contributed by atoms with Crippen molar-refractivity contribution in [3.63, 3.8) is 0 Å². The van der Waals surface area contributed by atoms with Gasteiger partial charge in [-0.1, -0.05) is 6.07 Å². The number of amides is 1. The van der Waals surface area contributed by atoms with Crippen LogP contribution in [0.2, 0.25) is 0 Å². The van der Waals surface area contributed by atoms with E-state index in [1.54, 1.807) is 11.0 Å². The number of hydrogen-bond donors (Lipinski definition) is 0. The second-order valence-corrected chi connectivity index (χ2v) is 6.36. The maximum atomic E-state index is 13.4. The molecule has 0 aromatic heterocycles. The Morgan fingerprint density at radius 1 is 1.38 bits per heavy atom. The molecule has 24 heavy (non-hydrogen) atoms. The van der Waals surface area contributed by atoms with E-state index in [-0.39, 0.29) is 36.6 Å². The van der Waals surface area contributed by atoms with Crippen LogP contribution in [-0.4, -0.2) is 56.0 Å². The number of anilines is 1. The SMILES string of the molecule is COCC(CC(C)=O)C(=O)N1CCN(c2cccc(F)c2)[C@@H](C)C1. The van der Waals surface area contributed by atoms with Gasteiger partial charge in [-0.3, -0.25) is 4.79 Å². The van der Waals surface area contributed by atoms with Crippen LogP contribution < -0.4 is 4.90 Å². The minimum atomic E-state index is -0.430. The fraction of sp³-hybridized carbons (Fsp3) is 0.556. The van der Waals surface area contributed by atoms with Gasteiger partial charge in [-0.2, -0.15) is 0 Å². The average molecular weight is 336 g/mol. The summed E-state index contributed by atoms with van der Waals surface area (Å²) in [4.78, 5) is 27.9. The van der Waals surface area contributed by atoms with E-state index in [4.69, 9.17) is 4.74 Å². The largest absolute Gasteiger partial charge is 0.384 e. The fourth-order valence-corrected chi connectivity index (χ4v) is 3.22. The molecule has 1 aromatic carbocycles. The summed E-state index contributed by atoms with van der Waals surface area (Å²) in [6, 6.07) is 6.57. The number of methoxy groups -OCH3 is 1. The highest BCUT2D eigenvalue weighted by Crippen LogP contribution is 2.22. The van der Waals surface area contributed by atoms with Crippen LogP contribution in [0.25, 0.3) is 0 Å². The van der Waals surface area contributed by atoms with Crippen LogP contribution in [0.4, 0.5) is 10.1 Å². The van der Waals surface area contributed by atoms with Crippen molar-refractivity contribution in [2.24, 2.45) is 5.92 Å². The van der Waals surface area contributed by atoms with Gasteiger partial charge >= 0.3 is 0 Å². The third-order valence-corrected chi connectivity index (χ3v) is 4.33. The molecule has 6 heteroatoms. The molecule has 132 valence electrons. The lowest BCUT2D eigenvalue weighted by atomic mass is 10.0. The molecule has 1 amide bonds. The van der Waals surface area contributed by atoms with Crippen molar-refractivity contribution in [3.8, 4) is 0 Å². The number of rotatable bonds is 6. The first-order valence-electron chi connectivity index (χ1n) is 8.21. The number of piperazine rings is 1. The Morgan fingerprint density at radius 2 is 2.12 bits per heavy atom. The number of halogens is 1. The molecular weight excluding hydrogens is 311 g/mol. The molecule has 0 spiro atoms. The van der Waals surface area contributed by atoms with Crippen molar-refractivity contribution < 1.29 is 18.7 Å². The zero-order valence-electron chi connectivity index (χ0n) is 14.5. The maximum absolute atomic E-state index is 13.4. The summed E-state index contributed by atoms with van der Waals surface area (Å²) in [5, 5.41) is 0. The van der Waals surface area contributed by atoms with Gasteiger partial charge < -0.3 is 19.3 Å². The Labute approximate surface area is 142 Å². The number of carbonyl (C=O) groups is 2. The summed E-state index contributed by atoms with van der Waals surface area (Å²) in [7, 11) is 1.53. The van der Waals surface area contributed by atoms with Gasteiger partial charge in [0.05, 0.1) is 12.5 Å². The molecule has 1 heterocycles. The molecule has 5 nitrogen and oxygen atoms in total. The molecule has 1 unspecified atom stereocenters. The van der Waals surface area contributed by atoms with Crippen LogP contribution in [0.15, 0.2) is 24.3 Å². The van der Waals surface area contributed by atoms with Crippen molar-refractivity contribution in [2.75, 3.05) is 38.3 Å². The normalized spacial score (nSPS) is 19.2. The second-order valence-electron chi connectivity index (χ2n) is 6.36. The van der Waals surface area contributed by atoms with Gasteiger partial charge in [-0.15, -0.1) is 0 Å². The summed E-state index contributed by atoms with van der Waals surface area (Å²) in [5.41, 5.74) is 0.826. The summed E-state index contributed by atoms with van der Waals surface area (Å²) in [6.45, 7) is 5.49. The summed E-state index contributed by atoms with van der Waals surface area (Å²) < 4.78 is 18.5. The van der Waals surface area contributed by atoms with Gasteiger partial charge in [0.15, 0.2) is 0 Å². The van der Waals surface area contributed by atoms with Gasteiger partial charge in [0.2, 0.25) is 5.91 Å². The molecule has 2 rings (SSSR count). The van der Waals surface area contributed by atoms with E-state index < -0.39 is 5.92 Å². The van der Waals surface area contributed by atoms with Crippen LogP contribution in [0.3, 0.4) is 0 Å². The number of carbonyl (C=O) groups excluding carboxylic acids is 2. The minimum absolute atomic E-state index is 0.0168. The monoisotopic (exact) mass is 336 g/mol. The Balaban J connectivity index is 2.03. The van der Waals surface area contributed by atoms with E-state index >= 15 is 0 Å². The quantitative estimate of drug-likeness (QED) is 0.798. The van der Waals surface area contributed by atoms with Crippen LogP contribution >= 0.6 is 0 Å². The Morgan fingerprint density at radius 3 is 2.71 bits per heavy atom. The number of Topliss-reactive ketones (excluding diaryl/α,β-unsaturated/α-hetero) is 1. The van der Waals surface area contributed by atoms with Crippen LogP contribution in [0.5, 0.6) is 0 Å². The zero-order valence-corrected chi connectivity index (χ0v) is 14.5. The third-order valence-electron chi connectivity index (χ3n) is 4.33. The molecular formula is C18H25FN2O3. The lowest BCUT2D eigenvalue weighted by Crippen LogP contribution is -2.55. The van der Waals surface area contributed by atoms with Gasteiger partial charge in [0.25, 0.3) is 0 Å². The maximum Gasteiger partial charge on any atom is 0.228 e. The van der Waals surface area contributed by atoms with Crippen molar-refractivity contribution in [1.82, 2.24) is 4.90 Å². The molecule has 1 saturated heterocycles. The molecule has 1 fully saturated rings. The summed E-state index contributed by atoms with van der Waals surface area (Å²) >= 11 is 0. The fourth-order valence-electron chi connectivity index (χ4n) is 3.22. The van der Waals surface area contributed by atoms with Gasteiger partial charge in [-0.25, -0.2) is 4.39 Å². The topological polar surface area (TPSA) is 49.9 Å². The van der Waals surface area contributed by atoms with E-state index in [1.807, 2.05) is 13.0 Å². The number of ketones is 1. The standard InChI is InChI=1S/C18H25FN2O3/c1-13-11-20(18(23)15(12-24-3)9-14(2)22)7-8-21(13)17-6-4-5-16(19)10-17/h4-6,10,13,15H,7-9,11-12H2,1-3H3/t13-,15?/m0/s1. The van der Waals surface area contributed by atoms with Gasteiger partial charge in [-0.05, 0) is 32.0 Å². The highest BCUT2D eigenvalue weighted by atomic mass is 19.1. The molecule has 1 aliphatic rings. The van der Waals surface area contributed by atoms with Crippen molar-refractivity contribution in [2.45, 2.75) is 26.3 Å². The summed E-state index contributed by atoms with van der Waals surface area (Å²) in [6.07, 6.45) is 0.200. The van der Waals surface area contributed by atoms with Gasteiger partial charge in [0, 0.05) is 44.9 Å². The zero-order chi connectivity index (χ0) is 17.7. The molecule has 2 atom stereocenters. The Kier molecular flexibility index (Phi) is 6.31.